The Kier molecular flexibility index (Phi) is 2.81. The van der Waals surface area contributed by atoms with E-state index < -0.39 is 0 Å². The summed E-state index contributed by atoms with van der Waals surface area (Å²) < 4.78 is 1.08. The number of hydrogen-bond acceptors (Lipinski definition) is 3. The number of nitrogens with one attached hydrogen (secondary N) is 1. The van der Waals surface area contributed by atoms with Gasteiger partial charge in [-0.05, 0) is 31.0 Å². The zero-order valence-electron chi connectivity index (χ0n) is 9.23. The van der Waals surface area contributed by atoms with E-state index in [0.717, 1.165) is 21.7 Å². The van der Waals surface area contributed by atoms with Crippen molar-refractivity contribution in [3.8, 4) is 11.3 Å². The van der Waals surface area contributed by atoms with Crippen molar-refractivity contribution in [2.24, 2.45) is 0 Å². The summed E-state index contributed by atoms with van der Waals surface area (Å²) >= 11 is 3.43. The fraction of sp³-hybridized carbons (Fsp3) is 0.231. The first-order valence-corrected chi connectivity index (χ1v) is 6.46. The van der Waals surface area contributed by atoms with Crippen molar-refractivity contribution in [3.63, 3.8) is 0 Å². The highest BCUT2D eigenvalue weighted by Crippen LogP contribution is 2.24. The van der Waals surface area contributed by atoms with Crippen LogP contribution in [-0.2, 0) is 0 Å². The fourth-order valence-electron chi connectivity index (χ4n) is 1.62. The first-order chi connectivity index (χ1) is 8.31. The molecule has 1 aliphatic carbocycles. The van der Waals surface area contributed by atoms with E-state index in [0.29, 0.717) is 6.04 Å². The van der Waals surface area contributed by atoms with E-state index in [1.807, 2.05) is 30.3 Å². The smallest absolute Gasteiger partial charge is 0.223 e. The summed E-state index contributed by atoms with van der Waals surface area (Å²) in [5, 5.41) is 3.31. The number of nitrogens with zero attached hydrogens (tertiary/aromatic N) is 2. The molecule has 86 valence electrons. The maximum atomic E-state index is 4.52. The number of rotatable bonds is 3. The molecular weight excluding hydrogens is 278 g/mol. The van der Waals surface area contributed by atoms with Gasteiger partial charge in [-0.15, -0.1) is 0 Å². The van der Waals surface area contributed by atoms with Gasteiger partial charge in [0.05, 0.1) is 5.69 Å². The van der Waals surface area contributed by atoms with Crippen LogP contribution in [0.1, 0.15) is 12.8 Å². The van der Waals surface area contributed by atoms with Gasteiger partial charge in [-0.1, -0.05) is 28.1 Å². The van der Waals surface area contributed by atoms with Crippen LogP contribution in [0.2, 0.25) is 0 Å². The molecule has 1 aromatic heterocycles. The van der Waals surface area contributed by atoms with Gasteiger partial charge in [-0.3, -0.25) is 0 Å². The molecule has 0 amide bonds. The van der Waals surface area contributed by atoms with E-state index in [1.54, 1.807) is 6.20 Å². The van der Waals surface area contributed by atoms with Crippen LogP contribution in [0.5, 0.6) is 0 Å². The molecule has 17 heavy (non-hydrogen) atoms. The van der Waals surface area contributed by atoms with E-state index in [1.165, 1.54) is 12.8 Å². The molecule has 0 bridgehead atoms. The average molecular weight is 290 g/mol. The van der Waals surface area contributed by atoms with Crippen molar-refractivity contribution >= 4 is 21.9 Å². The number of halogens is 1. The first-order valence-electron chi connectivity index (χ1n) is 5.67. The molecule has 1 aromatic carbocycles. The number of benzene rings is 1. The third-order valence-corrected chi connectivity index (χ3v) is 3.23. The molecule has 1 N–H and O–H groups in total. The molecule has 0 unspecified atom stereocenters. The SMILES string of the molecule is Brc1ccc(-c2ccnc(NC3CC3)n2)cc1. The van der Waals surface area contributed by atoms with Gasteiger partial charge >= 0.3 is 0 Å². The summed E-state index contributed by atoms with van der Waals surface area (Å²) in [5.74, 6) is 0.730. The quantitative estimate of drug-likeness (QED) is 0.940. The second-order valence-electron chi connectivity index (χ2n) is 4.19. The van der Waals surface area contributed by atoms with E-state index >= 15 is 0 Å². The van der Waals surface area contributed by atoms with Crippen LogP contribution < -0.4 is 5.32 Å². The summed E-state index contributed by atoms with van der Waals surface area (Å²) in [7, 11) is 0. The van der Waals surface area contributed by atoms with E-state index in [9.17, 15) is 0 Å². The van der Waals surface area contributed by atoms with Gasteiger partial charge in [0.1, 0.15) is 0 Å². The maximum Gasteiger partial charge on any atom is 0.223 e. The van der Waals surface area contributed by atoms with E-state index in [-0.39, 0.29) is 0 Å². The number of aromatic nitrogens is 2. The van der Waals surface area contributed by atoms with Gasteiger partial charge < -0.3 is 5.32 Å². The second kappa shape index (κ2) is 4.45. The summed E-state index contributed by atoms with van der Waals surface area (Å²) in [5.41, 5.74) is 2.06. The van der Waals surface area contributed by atoms with Gasteiger partial charge in [0.25, 0.3) is 0 Å². The van der Waals surface area contributed by atoms with Crippen molar-refractivity contribution in [2.75, 3.05) is 5.32 Å². The van der Waals surface area contributed by atoms with Crippen LogP contribution in [0.3, 0.4) is 0 Å². The molecule has 0 spiro atoms. The zero-order valence-corrected chi connectivity index (χ0v) is 10.8. The molecule has 4 heteroatoms. The zero-order chi connectivity index (χ0) is 11.7. The predicted octanol–water partition coefficient (Wildman–Crippen LogP) is 3.48. The Morgan fingerprint density at radius 2 is 1.88 bits per heavy atom. The lowest BCUT2D eigenvalue weighted by Gasteiger charge is -2.05. The minimum absolute atomic E-state index is 0.579. The highest BCUT2D eigenvalue weighted by Gasteiger charge is 2.21. The normalized spacial score (nSPS) is 14.6. The number of hydrogen-bond donors (Lipinski definition) is 1. The topological polar surface area (TPSA) is 37.8 Å². The highest BCUT2D eigenvalue weighted by atomic mass is 79.9. The summed E-state index contributed by atoms with van der Waals surface area (Å²) in [4.78, 5) is 8.75. The molecule has 3 nitrogen and oxygen atoms in total. The number of anilines is 1. The molecular formula is C13H12BrN3. The van der Waals surface area contributed by atoms with Crippen molar-refractivity contribution in [3.05, 3.63) is 41.0 Å². The molecule has 0 saturated heterocycles. The Balaban J connectivity index is 1.88. The lowest BCUT2D eigenvalue weighted by molar-refractivity contribution is 1.06. The van der Waals surface area contributed by atoms with Crippen LogP contribution in [0, 0.1) is 0 Å². The van der Waals surface area contributed by atoms with Crippen LogP contribution in [0.15, 0.2) is 41.0 Å². The van der Waals surface area contributed by atoms with Gasteiger partial charge in [0, 0.05) is 22.3 Å². The summed E-state index contributed by atoms with van der Waals surface area (Å²) in [6, 6.07) is 10.6. The molecule has 1 fully saturated rings. The van der Waals surface area contributed by atoms with Gasteiger partial charge in [0.2, 0.25) is 5.95 Å². The molecule has 0 atom stereocenters. The molecule has 2 aromatic rings. The largest absolute Gasteiger partial charge is 0.351 e. The lowest BCUT2D eigenvalue weighted by atomic mass is 10.1. The van der Waals surface area contributed by atoms with Crippen LogP contribution >= 0.6 is 15.9 Å². The van der Waals surface area contributed by atoms with Gasteiger partial charge in [0.15, 0.2) is 0 Å². The van der Waals surface area contributed by atoms with Crippen LogP contribution in [0.4, 0.5) is 5.95 Å². The molecule has 1 saturated carbocycles. The Morgan fingerprint density at radius 1 is 1.12 bits per heavy atom. The lowest BCUT2D eigenvalue weighted by Crippen LogP contribution is -2.05. The highest BCUT2D eigenvalue weighted by molar-refractivity contribution is 9.10. The van der Waals surface area contributed by atoms with Crippen molar-refractivity contribution < 1.29 is 0 Å². The minimum atomic E-state index is 0.579. The molecule has 3 rings (SSSR count). The second-order valence-corrected chi connectivity index (χ2v) is 5.11. The third kappa shape index (κ3) is 2.64. The summed E-state index contributed by atoms with van der Waals surface area (Å²) in [6.45, 7) is 0. The maximum absolute atomic E-state index is 4.52. The Morgan fingerprint density at radius 3 is 2.59 bits per heavy atom. The molecule has 1 heterocycles. The Labute approximate surface area is 108 Å². The monoisotopic (exact) mass is 289 g/mol. The van der Waals surface area contributed by atoms with Crippen LogP contribution in [-0.4, -0.2) is 16.0 Å². The Hall–Kier alpha value is -1.42. The standard InChI is InChI=1S/C13H12BrN3/c14-10-3-1-9(2-4-10)12-7-8-15-13(17-12)16-11-5-6-11/h1-4,7-8,11H,5-6H2,(H,15,16,17). The minimum Gasteiger partial charge on any atom is -0.351 e. The van der Waals surface area contributed by atoms with Crippen LogP contribution in [0.25, 0.3) is 11.3 Å². The third-order valence-electron chi connectivity index (χ3n) is 2.71. The Bertz CT molecular complexity index is 520. The van der Waals surface area contributed by atoms with Crippen molar-refractivity contribution in [2.45, 2.75) is 18.9 Å². The van der Waals surface area contributed by atoms with Crippen molar-refractivity contribution in [1.82, 2.24) is 9.97 Å². The average Bonchev–Trinajstić information content (AvgIpc) is 3.14. The summed E-state index contributed by atoms with van der Waals surface area (Å²) in [6.07, 6.45) is 4.26. The predicted molar refractivity (Wildman–Crippen MR) is 71.8 cm³/mol. The van der Waals surface area contributed by atoms with Crippen molar-refractivity contribution in [1.29, 1.82) is 0 Å². The van der Waals surface area contributed by atoms with E-state index in [4.69, 9.17) is 0 Å². The fourth-order valence-corrected chi connectivity index (χ4v) is 1.88. The molecule has 0 aliphatic heterocycles. The van der Waals surface area contributed by atoms with Gasteiger partial charge in [-0.25, -0.2) is 9.97 Å². The van der Waals surface area contributed by atoms with E-state index in [2.05, 4.69) is 31.2 Å². The molecule has 1 aliphatic rings. The van der Waals surface area contributed by atoms with Gasteiger partial charge in [-0.2, -0.15) is 0 Å². The molecule has 0 radical (unpaired) electrons. The first kappa shape index (κ1) is 10.7.